The van der Waals surface area contributed by atoms with Crippen molar-refractivity contribution in [3.63, 3.8) is 0 Å². The van der Waals surface area contributed by atoms with Crippen molar-refractivity contribution in [2.75, 3.05) is 19.6 Å². The molecule has 3 aromatic rings. The quantitative estimate of drug-likeness (QED) is 0.238. The van der Waals surface area contributed by atoms with Crippen molar-refractivity contribution in [2.45, 2.75) is 65.2 Å². The highest BCUT2D eigenvalue weighted by molar-refractivity contribution is 7.09. The number of carboxylic acid groups (broad SMARTS) is 2. The number of aromatic nitrogens is 2. The summed E-state index contributed by atoms with van der Waals surface area (Å²) < 4.78 is 42.2. The van der Waals surface area contributed by atoms with Gasteiger partial charge in [0.25, 0.3) is 0 Å². The van der Waals surface area contributed by atoms with E-state index in [2.05, 4.69) is 30.0 Å². The molecule has 0 atom stereocenters. The second kappa shape index (κ2) is 15.5. The van der Waals surface area contributed by atoms with E-state index in [1.807, 2.05) is 32.0 Å². The summed E-state index contributed by atoms with van der Waals surface area (Å²) in [6.45, 7) is 8.74. The second-order valence-corrected chi connectivity index (χ2v) is 11.6. The molecule has 0 saturated carbocycles. The summed E-state index contributed by atoms with van der Waals surface area (Å²) in [5, 5.41) is 17.5. The van der Waals surface area contributed by atoms with Crippen LogP contribution in [0.4, 0.5) is 13.2 Å². The van der Waals surface area contributed by atoms with Gasteiger partial charge in [-0.2, -0.15) is 17.5 Å². The minimum absolute atomic E-state index is 0.0608. The second-order valence-electron chi connectivity index (χ2n) is 10.5. The van der Waals surface area contributed by atoms with Crippen LogP contribution in [0.1, 0.15) is 51.2 Å². The fraction of sp³-hybridized carbons (Fsp3) is 0.467. The van der Waals surface area contributed by atoms with Gasteiger partial charge in [-0.15, -0.1) is 0 Å². The number of nitrogens with zero attached hydrogens (tertiary/aromatic N) is 3. The average molecular weight is 642 g/mol. The highest BCUT2D eigenvalue weighted by Gasteiger charge is 2.38. The van der Waals surface area contributed by atoms with Crippen molar-refractivity contribution in [1.82, 2.24) is 14.3 Å². The third-order valence-corrected chi connectivity index (χ3v) is 7.99. The summed E-state index contributed by atoms with van der Waals surface area (Å²) in [6.07, 6.45) is -0.645. The van der Waals surface area contributed by atoms with Gasteiger partial charge in [-0.25, -0.2) is 9.78 Å². The van der Waals surface area contributed by atoms with Crippen molar-refractivity contribution < 1.29 is 37.7 Å². The number of hydrogen-bond donors (Lipinski definition) is 2. The molecule has 2 N–H and O–H groups in total. The summed E-state index contributed by atoms with van der Waals surface area (Å²) in [4.78, 5) is 26.9. The summed E-state index contributed by atoms with van der Waals surface area (Å²) >= 11 is 7.84. The fourth-order valence-electron chi connectivity index (χ4n) is 4.87. The Morgan fingerprint density at radius 1 is 1.16 bits per heavy atom. The zero-order chi connectivity index (χ0) is 31.7. The maximum atomic E-state index is 10.9. The van der Waals surface area contributed by atoms with Crippen molar-refractivity contribution in [3.8, 4) is 27.7 Å². The van der Waals surface area contributed by atoms with E-state index < -0.39 is 18.1 Å². The first kappa shape index (κ1) is 34.3. The molecule has 1 aromatic heterocycles. The first-order valence-electron chi connectivity index (χ1n) is 13.9. The van der Waals surface area contributed by atoms with Gasteiger partial charge in [0.2, 0.25) is 0 Å². The molecule has 0 unspecified atom stereocenters. The van der Waals surface area contributed by atoms with Crippen molar-refractivity contribution >= 4 is 35.1 Å². The Morgan fingerprint density at radius 3 is 2.40 bits per heavy atom. The van der Waals surface area contributed by atoms with Gasteiger partial charge in [0.1, 0.15) is 10.8 Å². The number of benzene rings is 2. The lowest BCUT2D eigenvalue weighted by molar-refractivity contribution is -0.192. The van der Waals surface area contributed by atoms with Crippen LogP contribution in [-0.2, 0) is 22.4 Å². The monoisotopic (exact) mass is 641 g/mol. The topological polar surface area (TPSA) is 113 Å². The van der Waals surface area contributed by atoms with Gasteiger partial charge in [-0.05, 0) is 99.4 Å². The predicted octanol–water partition coefficient (Wildman–Crippen LogP) is 7.24. The zero-order valence-electron chi connectivity index (χ0n) is 24.2. The lowest BCUT2D eigenvalue weighted by Crippen LogP contribution is -2.35. The lowest BCUT2D eigenvalue weighted by Gasteiger charge is -2.32. The molecule has 0 radical (unpaired) electrons. The normalized spacial score (nSPS) is 14.3. The maximum Gasteiger partial charge on any atom is 0.490 e. The van der Waals surface area contributed by atoms with Crippen LogP contribution in [0.25, 0.3) is 22.0 Å². The summed E-state index contributed by atoms with van der Waals surface area (Å²) in [7, 11) is 0. The van der Waals surface area contributed by atoms with Crippen molar-refractivity contribution in [3.05, 3.63) is 52.5 Å². The van der Waals surface area contributed by atoms with Crippen LogP contribution in [0, 0.1) is 5.92 Å². The predicted molar refractivity (Wildman–Crippen MR) is 160 cm³/mol. The molecule has 13 heteroatoms. The Kier molecular flexibility index (Phi) is 12.3. The molecular weight excluding hydrogens is 607 g/mol. The number of halogens is 4. The van der Waals surface area contributed by atoms with E-state index in [0.29, 0.717) is 23.2 Å². The molecule has 2 heterocycles. The molecule has 1 aliphatic rings. The fourth-order valence-corrected chi connectivity index (χ4v) is 5.76. The summed E-state index contributed by atoms with van der Waals surface area (Å²) in [6, 6.07) is 12.2. The molecule has 0 amide bonds. The number of alkyl halides is 3. The van der Waals surface area contributed by atoms with E-state index in [1.165, 1.54) is 22.7 Å². The van der Waals surface area contributed by atoms with Gasteiger partial charge in [0.05, 0.1) is 17.5 Å². The minimum atomic E-state index is -5.08. The van der Waals surface area contributed by atoms with Gasteiger partial charge in [0, 0.05) is 17.7 Å². The van der Waals surface area contributed by atoms with Gasteiger partial charge in [-0.3, -0.25) is 4.79 Å². The van der Waals surface area contributed by atoms with Crippen LogP contribution in [0.2, 0.25) is 5.02 Å². The van der Waals surface area contributed by atoms with Crippen LogP contribution in [-0.4, -0.2) is 68.3 Å². The highest BCUT2D eigenvalue weighted by Crippen LogP contribution is 2.35. The molecule has 1 fully saturated rings. The van der Waals surface area contributed by atoms with Crippen LogP contribution < -0.4 is 4.74 Å². The molecule has 4 rings (SSSR count). The summed E-state index contributed by atoms with van der Waals surface area (Å²) in [5.74, 6) is -1.43. The Balaban J connectivity index is 0.000000646. The number of aliphatic carboxylic acids is 2. The number of ether oxygens (including phenoxy) is 1. The number of hydrogen-bond acceptors (Lipinski definition) is 7. The number of piperidine rings is 1. The molecule has 0 aliphatic carbocycles. The van der Waals surface area contributed by atoms with Crippen LogP contribution in [0.15, 0.2) is 36.4 Å². The van der Waals surface area contributed by atoms with Gasteiger partial charge in [0.15, 0.2) is 5.82 Å². The molecule has 2 aromatic carbocycles. The van der Waals surface area contributed by atoms with Crippen LogP contribution in [0.3, 0.4) is 0 Å². The Morgan fingerprint density at radius 2 is 1.84 bits per heavy atom. The Hall–Kier alpha value is -3.22. The average Bonchev–Trinajstić information content (AvgIpc) is 3.43. The highest BCUT2D eigenvalue weighted by atomic mass is 35.5. The number of rotatable bonds is 10. The molecule has 43 heavy (non-hydrogen) atoms. The van der Waals surface area contributed by atoms with E-state index >= 15 is 0 Å². The van der Waals surface area contributed by atoms with Gasteiger partial charge >= 0.3 is 18.1 Å². The first-order valence-corrected chi connectivity index (χ1v) is 15.1. The zero-order valence-corrected chi connectivity index (χ0v) is 25.7. The van der Waals surface area contributed by atoms with Gasteiger partial charge < -0.3 is 19.8 Å². The molecule has 1 saturated heterocycles. The number of carboxylic acids is 2. The third-order valence-electron chi connectivity index (χ3n) is 6.94. The molecule has 234 valence electrons. The Bertz CT molecular complexity index is 1390. The largest absolute Gasteiger partial charge is 0.490 e. The lowest BCUT2D eigenvalue weighted by atomic mass is 9.86. The molecule has 0 spiro atoms. The van der Waals surface area contributed by atoms with Crippen molar-refractivity contribution in [2.24, 2.45) is 5.92 Å². The molecular formula is C30H35ClF3N3O5S. The number of likely N-dealkylation sites (tertiary alicyclic amines) is 1. The standard InChI is InChI=1S/C28H34ClN3O3S.C2HF3O2/c1-4-22-20(16-19-10-13-32(14-11-19)15-12-26(33)34)6-5-7-23(22)27-30-28(36-31-27)21-8-9-25(24(29)17-21)35-18(2)3;3-2(4,5)1(6)7/h5-9,17-19H,4,10-16H2,1-3H3,(H,33,34);(H,6,7). The molecule has 0 bridgehead atoms. The minimum Gasteiger partial charge on any atom is -0.489 e. The van der Waals surface area contributed by atoms with Crippen LogP contribution >= 0.6 is 23.1 Å². The van der Waals surface area contributed by atoms with Crippen LogP contribution in [0.5, 0.6) is 5.75 Å². The molecule has 1 aliphatic heterocycles. The maximum absolute atomic E-state index is 10.9. The molecule has 8 nitrogen and oxygen atoms in total. The smallest absolute Gasteiger partial charge is 0.489 e. The van der Waals surface area contributed by atoms with E-state index in [-0.39, 0.29) is 12.5 Å². The summed E-state index contributed by atoms with van der Waals surface area (Å²) in [5.41, 5.74) is 4.72. The first-order chi connectivity index (χ1) is 20.3. The SMILES string of the molecule is CCc1c(CC2CCN(CCC(=O)O)CC2)cccc1-c1nsc(-c2ccc(OC(C)C)c(Cl)c2)n1.O=C(O)C(F)(F)F. The van der Waals surface area contributed by atoms with E-state index in [4.69, 9.17) is 40.7 Å². The van der Waals surface area contributed by atoms with E-state index in [9.17, 15) is 18.0 Å². The number of carbonyl (C=O) groups is 2. The van der Waals surface area contributed by atoms with Crippen molar-refractivity contribution in [1.29, 1.82) is 0 Å². The Labute approximate surface area is 257 Å². The van der Waals surface area contributed by atoms with E-state index in [0.717, 1.165) is 60.7 Å². The third kappa shape index (κ3) is 10.2. The van der Waals surface area contributed by atoms with E-state index in [1.54, 1.807) is 0 Å². The van der Waals surface area contributed by atoms with Gasteiger partial charge in [-0.1, -0.05) is 36.7 Å².